The van der Waals surface area contributed by atoms with E-state index in [-0.39, 0.29) is 0 Å². The average molecular weight is 780 g/mol. The van der Waals surface area contributed by atoms with Crippen molar-refractivity contribution in [1.82, 2.24) is 0 Å². The van der Waals surface area contributed by atoms with Crippen LogP contribution in [0, 0.1) is 0 Å². The zero-order valence-corrected chi connectivity index (χ0v) is 33.1. The number of benzene rings is 10. The fourth-order valence-corrected chi connectivity index (χ4v) is 9.15. The molecule has 0 radical (unpaired) electrons. The third kappa shape index (κ3) is 5.90. The van der Waals surface area contributed by atoms with Gasteiger partial charge in [-0.25, -0.2) is 0 Å². The summed E-state index contributed by atoms with van der Waals surface area (Å²) >= 11 is 0. The van der Waals surface area contributed by atoms with E-state index in [1.807, 2.05) is 12.1 Å². The minimum atomic E-state index is 0.853. The van der Waals surface area contributed by atoms with Crippen molar-refractivity contribution in [1.29, 1.82) is 0 Å². The Morgan fingerprint density at radius 2 is 0.721 bits per heavy atom. The number of fused-ring (bicyclic) bond motifs is 8. The molecule has 0 atom stereocenters. The van der Waals surface area contributed by atoms with Crippen LogP contribution in [-0.4, -0.2) is 0 Å². The van der Waals surface area contributed by atoms with Gasteiger partial charge in [0.15, 0.2) is 5.58 Å². The van der Waals surface area contributed by atoms with E-state index < -0.39 is 0 Å². The first kappa shape index (κ1) is 34.9. The van der Waals surface area contributed by atoms with Gasteiger partial charge in [0.25, 0.3) is 0 Å². The van der Waals surface area contributed by atoms with Gasteiger partial charge in [0.05, 0.1) is 5.69 Å². The minimum Gasteiger partial charge on any atom is -0.455 e. The molecule has 0 N–H and O–H groups in total. The van der Waals surface area contributed by atoms with Crippen LogP contribution in [0.3, 0.4) is 0 Å². The predicted molar refractivity (Wildman–Crippen MR) is 255 cm³/mol. The molecule has 0 spiro atoms. The molecule has 0 aliphatic carbocycles. The van der Waals surface area contributed by atoms with Gasteiger partial charge in [-0.15, -0.1) is 0 Å². The first-order chi connectivity index (χ1) is 30.2. The fraction of sp³-hybridized carbons (Fsp3) is 0. The molecule has 3 nitrogen and oxygen atoms in total. The van der Waals surface area contributed by atoms with Crippen molar-refractivity contribution in [2.24, 2.45) is 0 Å². The second-order valence-corrected chi connectivity index (χ2v) is 15.6. The third-order valence-corrected chi connectivity index (χ3v) is 12.1. The zero-order valence-electron chi connectivity index (χ0n) is 33.1. The Morgan fingerprint density at radius 1 is 0.262 bits per heavy atom. The molecule has 286 valence electrons. The molecule has 0 bridgehead atoms. The predicted octanol–water partition coefficient (Wildman–Crippen LogP) is 16.8. The Labute approximate surface area is 353 Å². The highest BCUT2D eigenvalue weighted by Gasteiger charge is 2.22. The smallest absolute Gasteiger partial charge is 0.159 e. The first-order valence-corrected chi connectivity index (χ1v) is 20.7. The van der Waals surface area contributed by atoms with E-state index in [1.165, 1.54) is 27.6 Å². The maximum atomic E-state index is 6.84. The number of furan rings is 2. The van der Waals surface area contributed by atoms with Gasteiger partial charge in [0.1, 0.15) is 16.7 Å². The van der Waals surface area contributed by atoms with Crippen LogP contribution >= 0.6 is 0 Å². The SMILES string of the molecule is c1ccc(-c2ccc(N(c3ccc(-c4cc5c(cc4-c4ccccc4)oc4c6ccccc6c(-c6ccccc6)cc54)cc3)c3cccc4c3oc3ccccc34)cc2)cc1. The van der Waals surface area contributed by atoms with Gasteiger partial charge in [0, 0.05) is 38.3 Å². The van der Waals surface area contributed by atoms with Crippen LogP contribution in [0.25, 0.3) is 99.2 Å². The van der Waals surface area contributed by atoms with Crippen LogP contribution in [0.5, 0.6) is 0 Å². The van der Waals surface area contributed by atoms with Gasteiger partial charge < -0.3 is 13.7 Å². The number of rotatable bonds is 7. The van der Waals surface area contributed by atoms with Gasteiger partial charge >= 0.3 is 0 Å². The number of hydrogen-bond acceptors (Lipinski definition) is 3. The van der Waals surface area contributed by atoms with E-state index in [0.717, 1.165) is 88.6 Å². The molecule has 3 heteroatoms. The van der Waals surface area contributed by atoms with Crippen molar-refractivity contribution in [2.75, 3.05) is 4.90 Å². The lowest BCUT2D eigenvalue weighted by atomic mass is 9.91. The second-order valence-electron chi connectivity index (χ2n) is 15.6. The Bertz CT molecular complexity index is 3550. The minimum absolute atomic E-state index is 0.853. The molecular formula is C58H37NO2. The number of anilines is 3. The summed E-state index contributed by atoms with van der Waals surface area (Å²) in [6.45, 7) is 0. The summed E-state index contributed by atoms with van der Waals surface area (Å²) in [4.78, 5) is 2.31. The van der Waals surface area contributed by atoms with Crippen LogP contribution in [0.4, 0.5) is 17.1 Å². The first-order valence-electron chi connectivity index (χ1n) is 20.7. The molecule has 2 heterocycles. The van der Waals surface area contributed by atoms with E-state index >= 15 is 0 Å². The van der Waals surface area contributed by atoms with Crippen molar-refractivity contribution in [3.05, 3.63) is 224 Å². The van der Waals surface area contributed by atoms with Crippen molar-refractivity contribution in [3.63, 3.8) is 0 Å². The normalized spacial score (nSPS) is 11.6. The molecular weight excluding hydrogens is 743 g/mol. The summed E-state index contributed by atoms with van der Waals surface area (Å²) in [5.74, 6) is 0. The van der Waals surface area contributed by atoms with E-state index in [4.69, 9.17) is 8.83 Å². The highest BCUT2D eigenvalue weighted by molar-refractivity contribution is 6.20. The lowest BCUT2D eigenvalue weighted by Gasteiger charge is -2.26. The van der Waals surface area contributed by atoms with Crippen LogP contribution in [0.15, 0.2) is 233 Å². The topological polar surface area (TPSA) is 29.5 Å². The molecule has 0 aliphatic rings. The van der Waals surface area contributed by atoms with E-state index in [2.05, 4.69) is 217 Å². The molecule has 0 amide bonds. The molecule has 0 aliphatic heterocycles. The molecule has 12 aromatic rings. The van der Waals surface area contributed by atoms with E-state index in [0.29, 0.717) is 0 Å². The maximum absolute atomic E-state index is 6.84. The zero-order chi connectivity index (χ0) is 40.3. The van der Waals surface area contributed by atoms with Crippen LogP contribution in [0.1, 0.15) is 0 Å². The molecule has 61 heavy (non-hydrogen) atoms. The molecule has 0 saturated carbocycles. The summed E-state index contributed by atoms with van der Waals surface area (Å²) in [5, 5.41) is 6.68. The monoisotopic (exact) mass is 779 g/mol. The standard InChI is InChI=1S/C58H37NO2/c1-4-15-38(16-5-1)39-27-31-43(32-28-39)59(54-25-14-24-48-46-22-12-13-26-55(46)60-58(48)54)44-33-29-42(30-34-44)50-35-52-53-36-49(40-17-6-2-7-18-40)45-21-10-11-23-47(45)57(53)61-56(52)37-51(50)41-19-8-3-9-20-41/h1-37H. The molecule has 2 aromatic heterocycles. The van der Waals surface area contributed by atoms with Gasteiger partial charge in [-0.1, -0.05) is 170 Å². The number of para-hydroxylation sites is 2. The van der Waals surface area contributed by atoms with Gasteiger partial charge in [-0.3, -0.25) is 0 Å². The van der Waals surface area contributed by atoms with Crippen LogP contribution in [-0.2, 0) is 0 Å². The van der Waals surface area contributed by atoms with Crippen LogP contribution < -0.4 is 4.90 Å². The molecule has 0 fully saturated rings. The average Bonchev–Trinajstić information content (AvgIpc) is 3.91. The molecule has 0 unspecified atom stereocenters. The Hall–Kier alpha value is -8.14. The highest BCUT2D eigenvalue weighted by atomic mass is 16.3. The molecule has 0 saturated heterocycles. The van der Waals surface area contributed by atoms with Gasteiger partial charge in [0.2, 0.25) is 0 Å². The maximum Gasteiger partial charge on any atom is 0.159 e. The summed E-state index contributed by atoms with van der Waals surface area (Å²) in [7, 11) is 0. The highest BCUT2D eigenvalue weighted by Crippen LogP contribution is 2.46. The fourth-order valence-electron chi connectivity index (χ4n) is 9.15. The Kier molecular flexibility index (Phi) is 8.17. The third-order valence-electron chi connectivity index (χ3n) is 12.1. The Morgan fingerprint density at radius 3 is 1.41 bits per heavy atom. The van der Waals surface area contributed by atoms with E-state index in [9.17, 15) is 0 Å². The summed E-state index contributed by atoms with van der Waals surface area (Å²) in [5.41, 5.74) is 15.8. The van der Waals surface area contributed by atoms with E-state index in [1.54, 1.807) is 0 Å². The van der Waals surface area contributed by atoms with Gasteiger partial charge in [-0.2, -0.15) is 0 Å². The Balaban J connectivity index is 1.04. The quantitative estimate of drug-likeness (QED) is 0.161. The van der Waals surface area contributed by atoms with Crippen molar-refractivity contribution in [2.45, 2.75) is 0 Å². The number of nitrogens with zero attached hydrogens (tertiary/aromatic N) is 1. The summed E-state index contributed by atoms with van der Waals surface area (Å²) in [6, 6.07) is 79.7. The second kappa shape index (κ2) is 14.3. The van der Waals surface area contributed by atoms with Crippen molar-refractivity contribution >= 4 is 71.7 Å². The lowest BCUT2D eigenvalue weighted by Crippen LogP contribution is -2.10. The van der Waals surface area contributed by atoms with Crippen molar-refractivity contribution < 1.29 is 8.83 Å². The number of hydrogen-bond donors (Lipinski definition) is 0. The van der Waals surface area contributed by atoms with Crippen LogP contribution in [0.2, 0.25) is 0 Å². The largest absolute Gasteiger partial charge is 0.455 e. The van der Waals surface area contributed by atoms with Crippen molar-refractivity contribution in [3.8, 4) is 44.5 Å². The summed E-state index contributed by atoms with van der Waals surface area (Å²) < 4.78 is 13.5. The molecule has 10 aromatic carbocycles. The summed E-state index contributed by atoms with van der Waals surface area (Å²) in [6.07, 6.45) is 0. The lowest BCUT2D eigenvalue weighted by molar-refractivity contribution is 0.669. The molecule has 12 rings (SSSR count). The van der Waals surface area contributed by atoms with Gasteiger partial charge in [-0.05, 0) is 104 Å².